The summed E-state index contributed by atoms with van der Waals surface area (Å²) in [7, 11) is 0. The van der Waals surface area contributed by atoms with Crippen LogP contribution in [0.2, 0.25) is 0 Å². The highest BCUT2D eigenvalue weighted by Crippen LogP contribution is 2.28. The quantitative estimate of drug-likeness (QED) is 0.888. The molecule has 1 aromatic carbocycles. The van der Waals surface area contributed by atoms with Gasteiger partial charge in [0, 0.05) is 12.0 Å². The fourth-order valence-corrected chi connectivity index (χ4v) is 2.64. The molecule has 2 N–H and O–H groups in total. The van der Waals surface area contributed by atoms with Gasteiger partial charge in [0.15, 0.2) is 0 Å². The van der Waals surface area contributed by atoms with Gasteiger partial charge >= 0.3 is 0 Å². The summed E-state index contributed by atoms with van der Waals surface area (Å²) in [5, 5.41) is 16.6. The van der Waals surface area contributed by atoms with Crippen LogP contribution in [0, 0.1) is 5.92 Å². The fraction of sp³-hybridized carbons (Fsp3) is 0.400. The Kier molecular flexibility index (Phi) is 3.51. The van der Waals surface area contributed by atoms with E-state index in [9.17, 15) is 5.11 Å². The van der Waals surface area contributed by atoms with E-state index in [4.69, 9.17) is 4.52 Å². The van der Waals surface area contributed by atoms with Crippen molar-refractivity contribution in [2.45, 2.75) is 19.3 Å². The molecular weight excluding hydrogens is 240 g/mol. The van der Waals surface area contributed by atoms with Gasteiger partial charge < -0.3 is 14.9 Å². The number of phenols is 1. The molecule has 1 saturated heterocycles. The van der Waals surface area contributed by atoms with Gasteiger partial charge in [0.1, 0.15) is 11.5 Å². The van der Waals surface area contributed by atoms with E-state index in [1.165, 1.54) is 12.8 Å². The molecule has 1 aromatic heterocycles. The van der Waals surface area contributed by atoms with Crippen LogP contribution in [0.25, 0.3) is 11.1 Å². The first kappa shape index (κ1) is 12.2. The predicted octanol–water partition coefficient (Wildman–Crippen LogP) is 2.59. The Labute approximate surface area is 112 Å². The van der Waals surface area contributed by atoms with Crippen molar-refractivity contribution in [3.63, 3.8) is 0 Å². The average Bonchev–Trinajstić information content (AvgIpc) is 2.89. The van der Waals surface area contributed by atoms with Crippen LogP contribution in [0.5, 0.6) is 5.75 Å². The number of aromatic hydroxyl groups is 1. The van der Waals surface area contributed by atoms with Crippen molar-refractivity contribution in [2.24, 2.45) is 5.92 Å². The van der Waals surface area contributed by atoms with Gasteiger partial charge in [0.05, 0.1) is 6.20 Å². The Bertz CT molecular complexity index is 527. The zero-order valence-corrected chi connectivity index (χ0v) is 10.8. The molecule has 0 unspecified atom stereocenters. The lowest BCUT2D eigenvalue weighted by molar-refractivity contribution is 0.319. The normalized spacial score (nSPS) is 16.6. The van der Waals surface area contributed by atoms with Gasteiger partial charge in [-0.2, -0.15) is 0 Å². The smallest absolute Gasteiger partial charge is 0.144 e. The number of hydrogen-bond acceptors (Lipinski definition) is 4. The SMILES string of the molecule is Oc1ccc(-c2cnoc2CC2CCNCC2)cc1. The Morgan fingerprint density at radius 2 is 1.95 bits per heavy atom. The minimum Gasteiger partial charge on any atom is -0.508 e. The number of rotatable bonds is 3. The van der Waals surface area contributed by atoms with E-state index in [1.54, 1.807) is 18.3 Å². The summed E-state index contributed by atoms with van der Waals surface area (Å²) < 4.78 is 5.42. The van der Waals surface area contributed by atoms with Gasteiger partial charge in [0.2, 0.25) is 0 Å². The van der Waals surface area contributed by atoms with Crippen molar-refractivity contribution in [3.8, 4) is 16.9 Å². The van der Waals surface area contributed by atoms with E-state index in [-0.39, 0.29) is 5.75 Å². The maximum absolute atomic E-state index is 9.34. The average molecular weight is 258 g/mol. The fourth-order valence-electron chi connectivity index (χ4n) is 2.64. The topological polar surface area (TPSA) is 58.3 Å². The van der Waals surface area contributed by atoms with Gasteiger partial charge in [0.25, 0.3) is 0 Å². The van der Waals surface area contributed by atoms with Crippen molar-refractivity contribution in [3.05, 3.63) is 36.2 Å². The summed E-state index contributed by atoms with van der Waals surface area (Å²) in [6.07, 6.45) is 5.09. The molecule has 0 saturated carbocycles. The zero-order valence-electron chi connectivity index (χ0n) is 10.8. The lowest BCUT2D eigenvalue weighted by Crippen LogP contribution is -2.28. The van der Waals surface area contributed by atoms with Crippen LogP contribution in [-0.2, 0) is 6.42 Å². The van der Waals surface area contributed by atoms with E-state index < -0.39 is 0 Å². The second-order valence-electron chi connectivity index (χ2n) is 5.11. The Balaban J connectivity index is 1.79. The molecule has 19 heavy (non-hydrogen) atoms. The molecule has 0 radical (unpaired) electrons. The monoisotopic (exact) mass is 258 g/mol. The van der Waals surface area contributed by atoms with Gasteiger partial charge in [-0.05, 0) is 49.5 Å². The standard InChI is InChI=1S/C15H18N2O2/c18-13-3-1-12(2-4-13)14-10-17-19-15(14)9-11-5-7-16-8-6-11/h1-4,10-11,16,18H,5-9H2. The van der Waals surface area contributed by atoms with Crippen molar-refractivity contribution in [1.82, 2.24) is 10.5 Å². The summed E-state index contributed by atoms with van der Waals surface area (Å²) in [5.41, 5.74) is 2.08. The van der Waals surface area contributed by atoms with E-state index in [1.807, 2.05) is 12.1 Å². The van der Waals surface area contributed by atoms with E-state index in [0.717, 1.165) is 36.4 Å². The molecule has 3 rings (SSSR count). The summed E-state index contributed by atoms with van der Waals surface area (Å²) in [5.74, 6) is 1.91. The third-order valence-electron chi connectivity index (χ3n) is 3.76. The lowest BCUT2D eigenvalue weighted by Gasteiger charge is -2.21. The van der Waals surface area contributed by atoms with Crippen LogP contribution in [-0.4, -0.2) is 23.4 Å². The maximum atomic E-state index is 9.34. The number of nitrogens with zero attached hydrogens (tertiary/aromatic N) is 1. The molecule has 0 spiro atoms. The molecular formula is C15H18N2O2. The molecule has 2 aromatic rings. The molecule has 4 heteroatoms. The molecule has 2 heterocycles. The molecule has 4 nitrogen and oxygen atoms in total. The Morgan fingerprint density at radius 3 is 2.68 bits per heavy atom. The largest absolute Gasteiger partial charge is 0.508 e. The Morgan fingerprint density at radius 1 is 1.21 bits per heavy atom. The van der Waals surface area contributed by atoms with Gasteiger partial charge in [-0.1, -0.05) is 17.3 Å². The number of phenolic OH excluding ortho intramolecular Hbond substituents is 1. The molecule has 0 bridgehead atoms. The predicted molar refractivity (Wildman–Crippen MR) is 72.9 cm³/mol. The van der Waals surface area contributed by atoms with Gasteiger partial charge in [-0.25, -0.2) is 0 Å². The van der Waals surface area contributed by atoms with Gasteiger partial charge in [-0.3, -0.25) is 0 Å². The first-order chi connectivity index (χ1) is 9.33. The van der Waals surface area contributed by atoms with Crippen molar-refractivity contribution in [2.75, 3.05) is 13.1 Å². The van der Waals surface area contributed by atoms with Crippen LogP contribution in [0.3, 0.4) is 0 Å². The first-order valence-corrected chi connectivity index (χ1v) is 6.76. The number of nitrogens with one attached hydrogen (secondary N) is 1. The number of aromatic nitrogens is 1. The van der Waals surface area contributed by atoms with Crippen LogP contribution >= 0.6 is 0 Å². The maximum Gasteiger partial charge on any atom is 0.144 e. The second-order valence-corrected chi connectivity index (χ2v) is 5.11. The van der Waals surface area contributed by atoms with Crippen molar-refractivity contribution < 1.29 is 9.63 Å². The second kappa shape index (κ2) is 5.45. The highest BCUT2D eigenvalue weighted by atomic mass is 16.5. The molecule has 1 aliphatic rings. The minimum absolute atomic E-state index is 0.278. The third kappa shape index (κ3) is 2.79. The third-order valence-corrected chi connectivity index (χ3v) is 3.76. The minimum atomic E-state index is 0.278. The van der Waals surface area contributed by atoms with Gasteiger partial charge in [-0.15, -0.1) is 0 Å². The van der Waals surface area contributed by atoms with Crippen molar-refractivity contribution >= 4 is 0 Å². The zero-order chi connectivity index (χ0) is 13.1. The molecule has 0 amide bonds. The molecule has 1 fully saturated rings. The molecule has 0 atom stereocenters. The van der Waals surface area contributed by atoms with Crippen LogP contribution in [0.15, 0.2) is 35.0 Å². The summed E-state index contributed by atoms with van der Waals surface area (Å²) in [6.45, 7) is 2.18. The Hall–Kier alpha value is -1.81. The van der Waals surface area contributed by atoms with Crippen LogP contribution in [0.1, 0.15) is 18.6 Å². The highest BCUT2D eigenvalue weighted by molar-refractivity contribution is 5.65. The number of piperidine rings is 1. The lowest BCUT2D eigenvalue weighted by atomic mass is 9.91. The van der Waals surface area contributed by atoms with Crippen LogP contribution in [0.4, 0.5) is 0 Å². The summed E-state index contributed by atoms with van der Waals surface area (Å²) in [6, 6.07) is 7.18. The molecule has 100 valence electrons. The summed E-state index contributed by atoms with van der Waals surface area (Å²) >= 11 is 0. The number of hydrogen-bond donors (Lipinski definition) is 2. The highest BCUT2D eigenvalue weighted by Gasteiger charge is 2.18. The van der Waals surface area contributed by atoms with E-state index in [2.05, 4.69) is 10.5 Å². The first-order valence-electron chi connectivity index (χ1n) is 6.76. The summed E-state index contributed by atoms with van der Waals surface area (Å²) in [4.78, 5) is 0. The molecule has 0 aliphatic carbocycles. The van der Waals surface area contributed by atoms with E-state index in [0.29, 0.717) is 5.92 Å². The number of benzene rings is 1. The van der Waals surface area contributed by atoms with E-state index >= 15 is 0 Å². The van der Waals surface area contributed by atoms with Crippen molar-refractivity contribution in [1.29, 1.82) is 0 Å². The molecule has 1 aliphatic heterocycles. The van der Waals surface area contributed by atoms with Crippen LogP contribution < -0.4 is 5.32 Å².